The van der Waals surface area contributed by atoms with Gasteiger partial charge in [-0.05, 0) is 43.8 Å². The van der Waals surface area contributed by atoms with Crippen molar-refractivity contribution in [2.75, 3.05) is 37.7 Å². The average Bonchev–Trinajstić information content (AvgIpc) is 3.28. The van der Waals surface area contributed by atoms with Crippen molar-refractivity contribution < 1.29 is 9.53 Å². The third-order valence-corrected chi connectivity index (χ3v) is 6.61. The number of anilines is 1. The number of fused-ring (bicyclic) bond motifs is 1. The Morgan fingerprint density at radius 2 is 2.19 bits per heavy atom. The minimum atomic E-state index is -0.459. The maximum absolute atomic E-state index is 13.0. The second-order valence-corrected chi connectivity index (χ2v) is 8.45. The summed E-state index contributed by atoms with van der Waals surface area (Å²) in [5.41, 5.74) is -0.459. The Labute approximate surface area is 164 Å². The largest absolute Gasteiger partial charge is 0.466 e. The van der Waals surface area contributed by atoms with Crippen molar-refractivity contribution in [3.8, 4) is 0 Å². The molecule has 2 fully saturated rings. The topological polar surface area (TPSA) is 58.6 Å². The van der Waals surface area contributed by atoms with E-state index in [1.165, 1.54) is 4.88 Å². The summed E-state index contributed by atoms with van der Waals surface area (Å²) in [6, 6.07) is 6.11. The van der Waals surface area contributed by atoms with Crippen molar-refractivity contribution in [1.29, 1.82) is 0 Å². The SMILES string of the molecule is CCOC(=O)[C@]12CCCN(Cc3cccs3)C[C@H]1CN(c1ncccn1)C2. The highest BCUT2D eigenvalue weighted by atomic mass is 32.1. The highest BCUT2D eigenvalue weighted by Crippen LogP contribution is 2.44. The van der Waals surface area contributed by atoms with Gasteiger partial charge in [0.2, 0.25) is 5.95 Å². The molecule has 0 unspecified atom stereocenters. The van der Waals surface area contributed by atoms with Crippen LogP contribution < -0.4 is 4.90 Å². The molecule has 4 heterocycles. The van der Waals surface area contributed by atoms with Crippen LogP contribution in [0, 0.1) is 11.3 Å². The van der Waals surface area contributed by atoms with Crippen LogP contribution in [-0.2, 0) is 16.1 Å². The number of ether oxygens (including phenoxy) is 1. The van der Waals surface area contributed by atoms with Gasteiger partial charge in [0.25, 0.3) is 0 Å². The van der Waals surface area contributed by atoms with Gasteiger partial charge in [-0.15, -0.1) is 11.3 Å². The summed E-state index contributed by atoms with van der Waals surface area (Å²) < 4.78 is 5.54. The Morgan fingerprint density at radius 1 is 1.33 bits per heavy atom. The lowest BCUT2D eigenvalue weighted by atomic mass is 9.75. The van der Waals surface area contributed by atoms with Gasteiger partial charge in [-0.1, -0.05) is 6.07 Å². The van der Waals surface area contributed by atoms with E-state index < -0.39 is 5.41 Å². The van der Waals surface area contributed by atoms with Crippen LogP contribution in [0.4, 0.5) is 5.95 Å². The second-order valence-electron chi connectivity index (χ2n) is 7.42. The summed E-state index contributed by atoms with van der Waals surface area (Å²) in [4.78, 5) is 27.9. The van der Waals surface area contributed by atoms with Gasteiger partial charge in [0, 0.05) is 49.4 Å². The molecule has 0 amide bonds. The van der Waals surface area contributed by atoms with Gasteiger partial charge in [-0.3, -0.25) is 9.69 Å². The van der Waals surface area contributed by atoms with Crippen LogP contribution in [0.1, 0.15) is 24.6 Å². The van der Waals surface area contributed by atoms with Gasteiger partial charge >= 0.3 is 5.97 Å². The average molecular weight is 387 g/mol. The zero-order chi connectivity index (χ0) is 18.7. The van der Waals surface area contributed by atoms with E-state index >= 15 is 0 Å². The molecule has 0 saturated carbocycles. The Hall–Kier alpha value is -1.99. The van der Waals surface area contributed by atoms with Crippen molar-refractivity contribution >= 4 is 23.3 Å². The predicted molar refractivity (Wildman–Crippen MR) is 106 cm³/mol. The van der Waals surface area contributed by atoms with E-state index in [-0.39, 0.29) is 11.9 Å². The molecule has 0 spiro atoms. The second kappa shape index (κ2) is 7.94. The maximum Gasteiger partial charge on any atom is 0.314 e. The van der Waals surface area contributed by atoms with Gasteiger partial charge < -0.3 is 9.64 Å². The number of likely N-dealkylation sites (tertiary alicyclic amines) is 1. The molecule has 0 bridgehead atoms. The zero-order valence-electron chi connectivity index (χ0n) is 15.7. The fraction of sp³-hybridized carbons (Fsp3) is 0.550. The highest BCUT2D eigenvalue weighted by Gasteiger charge is 2.54. The number of thiophene rings is 1. The number of carbonyl (C=O) groups excluding carboxylic acids is 1. The molecular formula is C20H26N4O2S. The number of aromatic nitrogens is 2. The first-order valence-electron chi connectivity index (χ1n) is 9.65. The number of carbonyl (C=O) groups is 1. The molecule has 2 atom stereocenters. The molecule has 2 aliphatic rings. The number of esters is 1. The molecule has 7 heteroatoms. The third-order valence-electron chi connectivity index (χ3n) is 5.75. The van der Waals surface area contributed by atoms with Crippen LogP contribution in [0.3, 0.4) is 0 Å². The highest BCUT2D eigenvalue weighted by molar-refractivity contribution is 7.09. The zero-order valence-corrected chi connectivity index (χ0v) is 16.5. The normalized spacial score (nSPS) is 25.8. The smallest absolute Gasteiger partial charge is 0.314 e. The lowest BCUT2D eigenvalue weighted by molar-refractivity contribution is -0.157. The Kier molecular flexibility index (Phi) is 5.41. The van der Waals surface area contributed by atoms with Crippen LogP contribution >= 0.6 is 11.3 Å². The van der Waals surface area contributed by atoms with Gasteiger partial charge in [-0.25, -0.2) is 9.97 Å². The van der Waals surface area contributed by atoms with E-state index in [1.54, 1.807) is 23.7 Å². The summed E-state index contributed by atoms with van der Waals surface area (Å²) in [6.45, 7) is 6.63. The van der Waals surface area contributed by atoms with Crippen molar-refractivity contribution in [2.24, 2.45) is 11.3 Å². The molecule has 0 aliphatic carbocycles. The van der Waals surface area contributed by atoms with Crippen molar-refractivity contribution in [3.05, 3.63) is 40.8 Å². The first-order valence-corrected chi connectivity index (χ1v) is 10.5. The molecule has 2 aliphatic heterocycles. The number of rotatable bonds is 5. The van der Waals surface area contributed by atoms with E-state index in [1.807, 2.05) is 13.0 Å². The fourth-order valence-electron chi connectivity index (χ4n) is 4.49. The lowest BCUT2D eigenvalue weighted by Gasteiger charge is -2.31. The van der Waals surface area contributed by atoms with Gasteiger partial charge in [0.1, 0.15) is 0 Å². The minimum absolute atomic E-state index is 0.0496. The number of hydrogen-bond donors (Lipinski definition) is 0. The van der Waals surface area contributed by atoms with Crippen LogP contribution in [-0.4, -0.2) is 53.6 Å². The summed E-state index contributed by atoms with van der Waals surface area (Å²) in [5.74, 6) is 0.883. The van der Waals surface area contributed by atoms with E-state index in [0.717, 1.165) is 39.0 Å². The number of hydrogen-bond acceptors (Lipinski definition) is 7. The van der Waals surface area contributed by atoms with Gasteiger partial charge in [0.15, 0.2) is 0 Å². The van der Waals surface area contributed by atoms with Crippen molar-refractivity contribution in [1.82, 2.24) is 14.9 Å². The molecule has 0 radical (unpaired) electrons. The Balaban J connectivity index is 1.58. The van der Waals surface area contributed by atoms with Gasteiger partial charge in [-0.2, -0.15) is 0 Å². The number of nitrogens with zero attached hydrogens (tertiary/aromatic N) is 4. The first kappa shape index (κ1) is 18.4. The van der Waals surface area contributed by atoms with E-state index in [4.69, 9.17) is 4.74 Å². The molecule has 27 heavy (non-hydrogen) atoms. The van der Waals surface area contributed by atoms with Gasteiger partial charge in [0.05, 0.1) is 12.0 Å². The van der Waals surface area contributed by atoms with E-state index in [0.29, 0.717) is 19.1 Å². The molecule has 2 saturated heterocycles. The van der Waals surface area contributed by atoms with E-state index in [9.17, 15) is 4.79 Å². The van der Waals surface area contributed by atoms with Crippen LogP contribution in [0.25, 0.3) is 0 Å². The van der Waals surface area contributed by atoms with Crippen LogP contribution in [0.2, 0.25) is 0 Å². The summed E-state index contributed by atoms with van der Waals surface area (Å²) in [6.07, 6.45) is 5.39. The Morgan fingerprint density at radius 3 is 2.93 bits per heavy atom. The summed E-state index contributed by atoms with van der Waals surface area (Å²) in [7, 11) is 0. The fourth-order valence-corrected chi connectivity index (χ4v) is 5.24. The molecule has 2 aromatic heterocycles. The monoisotopic (exact) mass is 386 g/mol. The van der Waals surface area contributed by atoms with E-state index in [2.05, 4.69) is 37.3 Å². The third kappa shape index (κ3) is 3.71. The molecule has 144 valence electrons. The lowest BCUT2D eigenvalue weighted by Crippen LogP contribution is -2.42. The van der Waals surface area contributed by atoms with Crippen molar-refractivity contribution in [3.63, 3.8) is 0 Å². The van der Waals surface area contributed by atoms with Crippen LogP contribution in [0.5, 0.6) is 0 Å². The first-order chi connectivity index (χ1) is 13.2. The summed E-state index contributed by atoms with van der Waals surface area (Å²) >= 11 is 1.80. The quantitative estimate of drug-likeness (QED) is 0.737. The van der Waals surface area contributed by atoms with Crippen molar-refractivity contribution in [2.45, 2.75) is 26.3 Å². The molecule has 2 aromatic rings. The molecule has 4 rings (SSSR count). The molecular weight excluding hydrogens is 360 g/mol. The minimum Gasteiger partial charge on any atom is -0.466 e. The molecule has 0 N–H and O–H groups in total. The standard InChI is InChI=1S/C20H26N4O2S/c1-2-26-18(25)20-7-4-10-23(14-17-6-3-11-27-17)12-16(20)13-24(15-20)19-21-8-5-9-22-19/h3,5-6,8-9,11,16H,2,4,7,10,12-15H2,1H3/t16-,20-/m0/s1. The maximum atomic E-state index is 13.0. The molecule has 6 nitrogen and oxygen atoms in total. The molecule has 0 aromatic carbocycles. The summed E-state index contributed by atoms with van der Waals surface area (Å²) in [5, 5.41) is 2.13. The predicted octanol–water partition coefficient (Wildman–Crippen LogP) is 2.82. The Bertz CT molecular complexity index is 755. The van der Waals surface area contributed by atoms with Crippen LogP contribution in [0.15, 0.2) is 36.0 Å².